The van der Waals surface area contributed by atoms with E-state index >= 15 is 0 Å². The maximum Gasteiger partial charge on any atom is 0.328 e. The Balaban J connectivity index is 1.58. The molecule has 44 heavy (non-hydrogen) atoms. The van der Waals surface area contributed by atoms with Crippen LogP contribution in [0.15, 0.2) is 65.6 Å². The van der Waals surface area contributed by atoms with E-state index < -0.39 is 18.1 Å². The molecule has 0 saturated heterocycles. The first-order valence-electron chi connectivity index (χ1n) is 14.6. The van der Waals surface area contributed by atoms with Crippen LogP contribution in [0.5, 0.6) is 5.75 Å². The number of esters is 1. The number of rotatable bonds is 11. The fraction of sp³-hybridized carbons (Fsp3) is 0.382. The van der Waals surface area contributed by atoms with Crippen molar-refractivity contribution in [2.45, 2.75) is 52.6 Å². The second-order valence-corrected chi connectivity index (χ2v) is 11.4. The molecule has 1 amide bonds. The normalized spacial score (nSPS) is 15.6. The maximum atomic E-state index is 13.9. The van der Waals surface area contributed by atoms with E-state index in [4.69, 9.17) is 9.47 Å². The van der Waals surface area contributed by atoms with Crippen LogP contribution in [0.3, 0.4) is 0 Å². The first-order chi connectivity index (χ1) is 21.0. The number of nitrogens with zero attached hydrogens (tertiary/aromatic N) is 3. The van der Waals surface area contributed by atoms with Gasteiger partial charge in [-0.1, -0.05) is 62.4 Å². The summed E-state index contributed by atoms with van der Waals surface area (Å²) in [6.45, 7) is 7.61. The van der Waals surface area contributed by atoms with Gasteiger partial charge in [-0.05, 0) is 43.4 Å². The fourth-order valence-corrected chi connectivity index (χ4v) is 5.73. The van der Waals surface area contributed by atoms with Crippen LogP contribution >= 0.6 is 0 Å². The molecule has 0 saturated carbocycles. The lowest BCUT2D eigenvalue weighted by Gasteiger charge is -2.27. The number of carbonyl (C=O) groups excluding carboxylic acids is 3. The van der Waals surface area contributed by atoms with Crippen molar-refractivity contribution in [3.8, 4) is 16.9 Å². The van der Waals surface area contributed by atoms with Crippen LogP contribution in [0, 0.1) is 25.7 Å². The molecule has 1 aromatic carbocycles. The zero-order valence-corrected chi connectivity index (χ0v) is 26.3. The minimum atomic E-state index is -0.959. The molecule has 10 heteroatoms. The summed E-state index contributed by atoms with van der Waals surface area (Å²) in [6.07, 6.45) is 9.99. The van der Waals surface area contributed by atoms with Gasteiger partial charge in [0.1, 0.15) is 12.1 Å². The Morgan fingerprint density at radius 3 is 2.39 bits per heavy atom. The Bertz CT molecular complexity index is 1660. The zero-order valence-electron chi connectivity index (χ0n) is 26.3. The number of methoxy groups -OCH3 is 2. The minimum Gasteiger partial charge on any atom is -0.494 e. The van der Waals surface area contributed by atoms with Gasteiger partial charge >= 0.3 is 5.97 Å². The zero-order chi connectivity index (χ0) is 32.1. The number of nitrogens with one attached hydrogen (secondary N) is 1. The number of amides is 1. The number of allylic oxidation sites excluding steroid dienone is 4. The number of benzene rings is 1. The quantitative estimate of drug-likeness (QED) is 0.258. The van der Waals surface area contributed by atoms with E-state index in [-0.39, 0.29) is 35.5 Å². The van der Waals surface area contributed by atoms with Gasteiger partial charge in [0.15, 0.2) is 11.5 Å². The van der Waals surface area contributed by atoms with Crippen LogP contribution in [0.1, 0.15) is 53.6 Å². The smallest absolute Gasteiger partial charge is 0.328 e. The van der Waals surface area contributed by atoms with E-state index in [9.17, 15) is 19.2 Å². The lowest BCUT2D eigenvalue weighted by atomic mass is 9.92. The van der Waals surface area contributed by atoms with Gasteiger partial charge < -0.3 is 19.4 Å². The van der Waals surface area contributed by atoms with Crippen LogP contribution in [0.25, 0.3) is 11.1 Å². The highest BCUT2D eigenvalue weighted by Crippen LogP contribution is 2.30. The van der Waals surface area contributed by atoms with Crippen LogP contribution in [-0.2, 0) is 27.8 Å². The van der Waals surface area contributed by atoms with Crippen molar-refractivity contribution in [2.75, 3.05) is 14.2 Å². The van der Waals surface area contributed by atoms with Gasteiger partial charge in [-0.25, -0.2) is 9.48 Å². The number of ketones is 1. The molecule has 0 fully saturated rings. The largest absolute Gasteiger partial charge is 0.494 e. The highest BCUT2D eigenvalue weighted by molar-refractivity contribution is 6.00. The number of aryl methyl sites for hydroxylation is 2. The van der Waals surface area contributed by atoms with Crippen molar-refractivity contribution in [1.82, 2.24) is 19.7 Å². The lowest BCUT2D eigenvalue weighted by molar-refractivity contribution is -0.145. The summed E-state index contributed by atoms with van der Waals surface area (Å²) in [5, 5.41) is 6.92. The van der Waals surface area contributed by atoms with Crippen LogP contribution in [0.4, 0.5) is 0 Å². The molecule has 3 aromatic rings. The van der Waals surface area contributed by atoms with Crippen molar-refractivity contribution in [3.63, 3.8) is 0 Å². The summed E-state index contributed by atoms with van der Waals surface area (Å²) in [5.74, 6) is -0.936. The van der Waals surface area contributed by atoms with Crippen molar-refractivity contribution < 1.29 is 23.9 Å². The Morgan fingerprint density at radius 1 is 1.09 bits per heavy atom. The summed E-state index contributed by atoms with van der Waals surface area (Å²) in [4.78, 5) is 52.8. The van der Waals surface area contributed by atoms with Gasteiger partial charge in [0, 0.05) is 36.3 Å². The molecular formula is C34H40N4O6. The van der Waals surface area contributed by atoms with Gasteiger partial charge in [-0.15, -0.1) is 0 Å². The van der Waals surface area contributed by atoms with Crippen molar-refractivity contribution in [2.24, 2.45) is 18.9 Å². The van der Waals surface area contributed by atoms with E-state index in [1.807, 2.05) is 62.6 Å². The first-order valence-corrected chi connectivity index (χ1v) is 14.6. The molecule has 10 nitrogen and oxygen atoms in total. The van der Waals surface area contributed by atoms with E-state index in [1.165, 1.54) is 25.1 Å². The average molecular weight is 601 g/mol. The van der Waals surface area contributed by atoms with E-state index in [0.717, 1.165) is 11.3 Å². The van der Waals surface area contributed by atoms with E-state index in [2.05, 4.69) is 10.4 Å². The summed E-state index contributed by atoms with van der Waals surface area (Å²) < 4.78 is 13.5. The number of ether oxygens (including phenoxy) is 2. The second kappa shape index (κ2) is 13.7. The maximum absolute atomic E-state index is 13.9. The molecule has 0 bridgehead atoms. The molecule has 2 unspecified atom stereocenters. The predicted octanol–water partition coefficient (Wildman–Crippen LogP) is 4.29. The molecule has 0 radical (unpaired) electrons. The SMILES string of the molecule is COC(=O)[C@H](Cc1ccc(-c2c(OC)cnn(C)c2=O)cc1)NC(=O)C(C(C)C)n1c(C)cc(C(=O)C2C=CC=CC2)c1C. The van der Waals surface area contributed by atoms with Gasteiger partial charge in [-0.3, -0.25) is 14.4 Å². The first kappa shape index (κ1) is 32.2. The predicted molar refractivity (Wildman–Crippen MR) is 168 cm³/mol. The monoisotopic (exact) mass is 600 g/mol. The number of carbonyl (C=O) groups is 3. The Labute approximate surface area is 257 Å². The molecule has 1 aliphatic rings. The molecule has 2 heterocycles. The summed E-state index contributed by atoms with van der Waals surface area (Å²) in [5.41, 5.74) is 3.56. The Hall–Kier alpha value is -4.73. The molecule has 1 aliphatic carbocycles. The van der Waals surface area contributed by atoms with Crippen molar-refractivity contribution in [1.29, 1.82) is 0 Å². The molecule has 1 N–H and O–H groups in total. The molecule has 3 atom stereocenters. The highest BCUT2D eigenvalue weighted by Gasteiger charge is 2.33. The highest BCUT2D eigenvalue weighted by atomic mass is 16.5. The van der Waals surface area contributed by atoms with Crippen LogP contribution < -0.4 is 15.6 Å². The summed E-state index contributed by atoms with van der Waals surface area (Å²) >= 11 is 0. The summed E-state index contributed by atoms with van der Waals surface area (Å²) in [7, 11) is 4.32. The number of hydrogen-bond acceptors (Lipinski definition) is 7. The van der Waals surface area contributed by atoms with Crippen molar-refractivity contribution in [3.05, 3.63) is 93.7 Å². The average Bonchev–Trinajstić information content (AvgIpc) is 3.31. The lowest BCUT2D eigenvalue weighted by Crippen LogP contribution is -2.47. The molecule has 0 spiro atoms. The molecule has 2 aromatic heterocycles. The Kier molecular flexibility index (Phi) is 10.0. The van der Waals surface area contributed by atoms with Gasteiger partial charge in [0.05, 0.1) is 26.0 Å². The molecule has 232 valence electrons. The Morgan fingerprint density at radius 2 is 1.80 bits per heavy atom. The standard InChI is InChI=1S/C34H40N4O6/c1-20(2)30(38-21(3)17-26(22(38)4)31(39)25-11-9-8-10-12-25)32(40)36-27(34(42)44-7)18-23-13-15-24(16-14-23)29-28(43-6)19-35-37(5)33(29)41/h8-11,13-17,19-20,25,27,30H,12,18H2,1-7H3,(H,36,40)/t25?,27-,30?/m0/s1. The van der Waals surface area contributed by atoms with Crippen LogP contribution in [0.2, 0.25) is 0 Å². The number of hydrogen-bond donors (Lipinski definition) is 1. The molecule has 0 aliphatic heterocycles. The van der Waals surface area contributed by atoms with E-state index in [1.54, 1.807) is 31.3 Å². The minimum absolute atomic E-state index is 0.0194. The van der Waals surface area contributed by atoms with Crippen molar-refractivity contribution >= 4 is 17.7 Å². The third-order valence-corrected chi connectivity index (χ3v) is 8.05. The number of aromatic nitrogens is 3. The van der Waals surface area contributed by atoms with Gasteiger partial charge in [0.2, 0.25) is 5.91 Å². The topological polar surface area (TPSA) is 122 Å². The molecular weight excluding hydrogens is 560 g/mol. The summed E-state index contributed by atoms with van der Waals surface area (Å²) in [6, 6.07) is 7.35. The third-order valence-electron chi connectivity index (χ3n) is 8.05. The number of Topliss-reactive ketones (excluding diaryl/α,β-unsaturated/α-hetero) is 1. The molecule has 4 rings (SSSR count). The van der Waals surface area contributed by atoms with Gasteiger partial charge in [-0.2, -0.15) is 5.10 Å². The van der Waals surface area contributed by atoms with E-state index in [0.29, 0.717) is 34.6 Å². The van der Waals surface area contributed by atoms with Gasteiger partial charge in [0.25, 0.3) is 5.56 Å². The van der Waals surface area contributed by atoms with Crippen LogP contribution in [-0.4, -0.2) is 52.3 Å². The second-order valence-electron chi connectivity index (χ2n) is 11.4. The third kappa shape index (κ3) is 6.59. The fourth-order valence-electron chi connectivity index (χ4n) is 5.73.